The molecule has 0 amide bonds. The summed E-state index contributed by atoms with van der Waals surface area (Å²) in [5.41, 5.74) is 8.39. The van der Waals surface area contributed by atoms with E-state index in [1.165, 1.54) is 38.5 Å². The van der Waals surface area contributed by atoms with Gasteiger partial charge in [-0.1, -0.05) is 125 Å². The van der Waals surface area contributed by atoms with Crippen molar-refractivity contribution in [3.63, 3.8) is 0 Å². The summed E-state index contributed by atoms with van der Waals surface area (Å²) in [5.74, 6) is 3.42. The number of hydrogen-bond donors (Lipinski definition) is 0. The second kappa shape index (κ2) is 6.51. The average Bonchev–Trinajstić information content (AvgIpc) is 3.26. The number of fused-ring (bicyclic) bond motifs is 8. The average molecular weight is 499 g/mol. The molecule has 0 radical (unpaired) electrons. The fourth-order valence-electron chi connectivity index (χ4n) is 14.3. The molecule has 6 fully saturated rings. The predicted octanol–water partition coefficient (Wildman–Crippen LogP) is 8.98. The first-order valence-corrected chi connectivity index (χ1v) is 15.6. The molecule has 38 heavy (non-hydrogen) atoms. The lowest BCUT2D eigenvalue weighted by Crippen LogP contribution is -2.49. The number of rotatable bonds is 4. The van der Waals surface area contributed by atoms with E-state index in [-0.39, 0.29) is 0 Å². The Bertz CT molecular complexity index is 1330. The normalized spacial score (nSPS) is 45.6. The molecule has 0 bridgehead atoms. The van der Waals surface area contributed by atoms with Crippen molar-refractivity contribution in [3.8, 4) is 0 Å². The van der Waals surface area contributed by atoms with E-state index in [9.17, 15) is 0 Å². The summed E-state index contributed by atoms with van der Waals surface area (Å²) in [6.07, 6.45) is 8.51. The summed E-state index contributed by atoms with van der Waals surface area (Å²) in [7, 11) is 0. The van der Waals surface area contributed by atoms with E-state index >= 15 is 0 Å². The minimum atomic E-state index is 0.309. The molecule has 6 saturated carbocycles. The molecule has 0 heteroatoms. The fraction of sp³-hybridized carbons (Fsp3) is 0.526. The lowest BCUT2D eigenvalue weighted by atomic mass is 9.53. The maximum atomic E-state index is 2.62. The van der Waals surface area contributed by atoms with E-state index in [0.29, 0.717) is 32.5 Å². The molecule has 0 aliphatic heterocycles. The summed E-state index contributed by atoms with van der Waals surface area (Å²) in [5, 5.41) is 0. The highest BCUT2D eigenvalue weighted by Gasteiger charge is 2.96. The quantitative estimate of drug-likeness (QED) is 0.337. The van der Waals surface area contributed by atoms with Crippen LogP contribution in [-0.2, 0) is 21.7 Å². The topological polar surface area (TPSA) is 0 Å². The van der Waals surface area contributed by atoms with E-state index in [1.54, 1.807) is 22.3 Å². The molecule has 0 N–H and O–H groups in total. The van der Waals surface area contributed by atoms with Crippen LogP contribution in [0, 0.1) is 34.5 Å². The van der Waals surface area contributed by atoms with Crippen molar-refractivity contribution in [2.24, 2.45) is 34.5 Å². The third-order valence-electron chi connectivity index (χ3n) is 14.6. The highest BCUT2D eigenvalue weighted by Crippen LogP contribution is 2.96. The molecule has 0 saturated heterocycles. The molecule has 0 spiro atoms. The Morgan fingerprint density at radius 3 is 0.947 bits per heavy atom. The molecule has 8 unspecified atom stereocenters. The molecular formula is C38H42. The Morgan fingerprint density at radius 1 is 0.395 bits per heavy atom. The van der Waals surface area contributed by atoms with Crippen LogP contribution in [0.2, 0.25) is 0 Å². The first-order chi connectivity index (χ1) is 18.4. The van der Waals surface area contributed by atoms with Crippen LogP contribution in [0.3, 0.4) is 0 Å². The van der Waals surface area contributed by atoms with Crippen molar-refractivity contribution in [3.05, 3.63) is 107 Å². The van der Waals surface area contributed by atoms with Gasteiger partial charge in [-0.25, -0.2) is 0 Å². The van der Waals surface area contributed by atoms with Crippen molar-refractivity contribution in [2.45, 2.75) is 87.9 Å². The number of benzene rings is 3. The van der Waals surface area contributed by atoms with Crippen LogP contribution in [0.5, 0.6) is 0 Å². The lowest BCUT2D eigenvalue weighted by molar-refractivity contribution is 0.118. The van der Waals surface area contributed by atoms with Crippen LogP contribution in [0.4, 0.5) is 0 Å². The predicted molar refractivity (Wildman–Crippen MR) is 155 cm³/mol. The molecule has 0 aromatic heterocycles. The SMILES string of the molecule is CC1(C)C2(c3ccccc3)C3CCCC3C12c1ccc(C23C4CCCC4C2(c2ccccc2)C3(C)C)cc1. The van der Waals surface area contributed by atoms with Crippen LogP contribution >= 0.6 is 0 Å². The Labute approximate surface area is 229 Å². The van der Waals surface area contributed by atoms with Crippen molar-refractivity contribution in [1.82, 2.24) is 0 Å². The summed E-state index contributed by atoms with van der Waals surface area (Å²) in [6, 6.07) is 33.8. The Morgan fingerprint density at radius 2 is 0.658 bits per heavy atom. The third kappa shape index (κ3) is 1.79. The largest absolute Gasteiger partial charge is 0.0622 e. The van der Waals surface area contributed by atoms with Gasteiger partial charge in [0.05, 0.1) is 0 Å². The minimum Gasteiger partial charge on any atom is -0.0622 e. The zero-order chi connectivity index (χ0) is 25.8. The van der Waals surface area contributed by atoms with E-state index in [0.717, 1.165) is 23.7 Å². The fourth-order valence-corrected chi connectivity index (χ4v) is 14.3. The summed E-state index contributed by atoms with van der Waals surface area (Å²) in [6.45, 7) is 10.4. The Balaban J connectivity index is 1.18. The molecule has 0 heterocycles. The van der Waals surface area contributed by atoms with Crippen LogP contribution in [0.1, 0.15) is 88.5 Å². The van der Waals surface area contributed by atoms with Gasteiger partial charge in [0.15, 0.2) is 0 Å². The van der Waals surface area contributed by atoms with E-state index < -0.39 is 0 Å². The molecule has 6 aliphatic rings. The zero-order valence-corrected chi connectivity index (χ0v) is 23.6. The molecule has 8 atom stereocenters. The first kappa shape index (κ1) is 22.5. The molecule has 3 aromatic rings. The number of hydrogen-bond acceptors (Lipinski definition) is 0. The monoisotopic (exact) mass is 498 g/mol. The molecule has 3 aromatic carbocycles. The molecular weight excluding hydrogens is 456 g/mol. The lowest BCUT2D eigenvalue weighted by Gasteiger charge is -2.50. The molecule has 9 rings (SSSR count). The van der Waals surface area contributed by atoms with Crippen molar-refractivity contribution in [2.75, 3.05) is 0 Å². The Hall–Kier alpha value is -2.34. The maximum absolute atomic E-state index is 2.62. The zero-order valence-electron chi connectivity index (χ0n) is 23.6. The standard InChI is InChI=1S/C38H42/c1-33(2)35(25-13-7-5-8-14-25)29-17-11-19-31(29)37(33,35)27-21-23-28(24-22-27)38-32-20-12-18-30(32)36(38,34(38,3)4)26-15-9-6-10-16-26/h5-10,13-16,21-24,29-32H,11-12,17-20H2,1-4H3. The van der Waals surface area contributed by atoms with Gasteiger partial charge in [0.1, 0.15) is 0 Å². The molecule has 0 nitrogen and oxygen atoms in total. The second-order valence-electron chi connectivity index (χ2n) is 15.1. The summed E-state index contributed by atoms with van der Waals surface area (Å²) in [4.78, 5) is 0. The van der Waals surface area contributed by atoms with Crippen molar-refractivity contribution in [1.29, 1.82) is 0 Å². The van der Waals surface area contributed by atoms with Crippen LogP contribution in [0.25, 0.3) is 0 Å². The Kier molecular flexibility index (Phi) is 3.85. The van der Waals surface area contributed by atoms with E-state index in [4.69, 9.17) is 0 Å². The van der Waals surface area contributed by atoms with Gasteiger partial charge in [0.2, 0.25) is 0 Å². The first-order valence-electron chi connectivity index (χ1n) is 15.6. The maximum Gasteiger partial charge on any atom is 0.0149 e. The van der Waals surface area contributed by atoms with Gasteiger partial charge >= 0.3 is 0 Å². The van der Waals surface area contributed by atoms with Gasteiger partial charge in [0.25, 0.3) is 0 Å². The van der Waals surface area contributed by atoms with E-state index in [1.807, 2.05) is 0 Å². The smallest absolute Gasteiger partial charge is 0.0149 e. The van der Waals surface area contributed by atoms with Crippen LogP contribution < -0.4 is 0 Å². The van der Waals surface area contributed by atoms with Crippen molar-refractivity contribution >= 4 is 0 Å². The van der Waals surface area contributed by atoms with Gasteiger partial charge in [-0.05, 0) is 82.4 Å². The molecule has 6 aliphatic carbocycles. The second-order valence-corrected chi connectivity index (χ2v) is 15.1. The van der Waals surface area contributed by atoms with Crippen molar-refractivity contribution < 1.29 is 0 Å². The van der Waals surface area contributed by atoms with Crippen LogP contribution in [0.15, 0.2) is 84.9 Å². The van der Waals surface area contributed by atoms with Gasteiger partial charge in [-0.15, -0.1) is 0 Å². The van der Waals surface area contributed by atoms with Gasteiger partial charge in [-0.2, -0.15) is 0 Å². The highest BCUT2D eigenvalue weighted by molar-refractivity contribution is 5.67. The highest BCUT2D eigenvalue weighted by atomic mass is 15.0. The summed E-state index contributed by atoms with van der Waals surface area (Å²) < 4.78 is 0. The van der Waals surface area contributed by atoms with Gasteiger partial charge in [-0.3, -0.25) is 0 Å². The van der Waals surface area contributed by atoms with Gasteiger partial charge < -0.3 is 0 Å². The van der Waals surface area contributed by atoms with Crippen LogP contribution in [-0.4, -0.2) is 0 Å². The third-order valence-corrected chi connectivity index (χ3v) is 14.6. The van der Waals surface area contributed by atoms with Gasteiger partial charge in [0, 0.05) is 21.7 Å². The molecule has 194 valence electrons. The minimum absolute atomic E-state index is 0.309. The summed E-state index contributed by atoms with van der Waals surface area (Å²) >= 11 is 0. The van der Waals surface area contributed by atoms with E-state index in [2.05, 4.69) is 113 Å².